The largest absolute Gasteiger partial charge is 0.481 e. The smallest absolute Gasteiger partial charge is 0.303 e. The summed E-state index contributed by atoms with van der Waals surface area (Å²) in [5.74, 6) is 0.225. The van der Waals surface area contributed by atoms with Gasteiger partial charge in [-0.1, -0.05) is 19.0 Å². The molecule has 20 heavy (non-hydrogen) atoms. The lowest BCUT2D eigenvalue weighted by Crippen LogP contribution is -2.27. The molecule has 1 aromatic heterocycles. The third-order valence-electron chi connectivity index (χ3n) is 3.33. The van der Waals surface area contributed by atoms with Gasteiger partial charge in [0.1, 0.15) is 5.76 Å². The Morgan fingerprint density at radius 1 is 1.40 bits per heavy atom. The van der Waals surface area contributed by atoms with Crippen molar-refractivity contribution in [2.75, 3.05) is 6.54 Å². The van der Waals surface area contributed by atoms with E-state index in [4.69, 9.17) is 9.63 Å². The van der Waals surface area contributed by atoms with E-state index in [9.17, 15) is 9.59 Å². The standard InChI is InChI=1S/C14H22N2O4/c1-9(2)11(4-5-13(17)18)6-7-15-14(19)12-8-10(3)20-16-12/h8-9,11H,4-7H2,1-3H3,(H,15,19)(H,17,18). The summed E-state index contributed by atoms with van der Waals surface area (Å²) < 4.78 is 4.84. The Labute approximate surface area is 118 Å². The first-order valence-electron chi connectivity index (χ1n) is 6.83. The zero-order valence-corrected chi connectivity index (χ0v) is 12.2. The van der Waals surface area contributed by atoms with E-state index in [1.165, 1.54) is 0 Å². The maximum Gasteiger partial charge on any atom is 0.303 e. The monoisotopic (exact) mass is 282 g/mol. The number of aryl methyl sites for hydroxylation is 1. The summed E-state index contributed by atoms with van der Waals surface area (Å²) in [7, 11) is 0. The second kappa shape index (κ2) is 7.67. The van der Waals surface area contributed by atoms with Gasteiger partial charge in [-0.05, 0) is 31.6 Å². The van der Waals surface area contributed by atoms with Crippen molar-refractivity contribution in [2.24, 2.45) is 11.8 Å². The van der Waals surface area contributed by atoms with E-state index >= 15 is 0 Å². The van der Waals surface area contributed by atoms with Crippen molar-refractivity contribution in [1.29, 1.82) is 0 Å². The Balaban J connectivity index is 2.36. The van der Waals surface area contributed by atoms with Crippen molar-refractivity contribution in [3.05, 3.63) is 17.5 Å². The number of carboxylic acid groups (broad SMARTS) is 1. The molecule has 1 unspecified atom stereocenters. The molecule has 1 aromatic rings. The van der Waals surface area contributed by atoms with Gasteiger partial charge < -0.3 is 14.9 Å². The molecule has 0 bridgehead atoms. The summed E-state index contributed by atoms with van der Waals surface area (Å²) in [5.41, 5.74) is 0.272. The van der Waals surface area contributed by atoms with Crippen molar-refractivity contribution in [2.45, 2.75) is 40.0 Å². The highest BCUT2D eigenvalue weighted by Crippen LogP contribution is 2.20. The number of carboxylic acids is 1. The van der Waals surface area contributed by atoms with Crippen LogP contribution >= 0.6 is 0 Å². The molecule has 6 nitrogen and oxygen atoms in total. The first-order chi connectivity index (χ1) is 9.40. The summed E-state index contributed by atoms with van der Waals surface area (Å²) in [6, 6.07) is 1.58. The van der Waals surface area contributed by atoms with Gasteiger partial charge in [0, 0.05) is 19.0 Å². The van der Waals surface area contributed by atoms with Gasteiger partial charge in [0.25, 0.3) is 5.91 Å². The number of aliphatic carboxylic acids is 1. The van der Waals surface area contributed by atoms with E-state index in [1.54, 1.807) is 13.0 Å². The average molecular weight is 282 g/mol. The van der Waals surface area contributed by atoms with Crippen LogP contribution in [0.15, 0.2) is 10.6 Å². The molecule has 0 radical (unpaired) electrons. The van der Waals surface area contributed by atoms with Crippen molar-refractivity contribution < 1.29 is 19.2 Å². The fraction of sp³-hybridized carbons (Fsp3) is 0.643. The molecule has 0 aliphatic rings. The van der Waals surface area contributed by atoms with Gasteiger partial charge in [-0.15, -0.1) is 0 Å². The van der Waals surface area contributed by atoms with Gasteiger partial charge in [0.2, 0.25) is 0 Å². The predicted octanol–water partition coefficient (Wildman–Crippen LogP) is 2.24. The number of hydrogen-bond acceptors (Lipinski definition) is 4. The minimum absolute atomic E-state index is 0.166. The van der Waals surface area contributed by atoms with Crippen LogP contribution < -0.4 is 5.32 Å². The zero-order valence-electron chi connectivity index (χ0n) is 12.2. The average Bonchev–Trinajstić information content (AvgIpc) is 2.79. The number of amides is 1. The second-order valence-electron chi connectivity index (χ2n) is 5.30. The number of nitrogens with zero attached hydrogens (tertiary/aromatic N) is 1. The van der Waals surface area contributed by atoms with E-state index in [1.807, 2.05) is 0 Å². The third kappa shape index (κ3) is 5.42. The number of hydrogen-bond donors (Lipinski definition) is 2. The van der Waals surface area contributed by atoms with Crippen LogP contribution in [0.3, 0.4) is 0 Å². The molecule has 1 heterocycles. The molecular weight excluding hydrogens is 260 g/mol. The first kappa shape index (κ1) is 16.2. The molecular formula is C14H22N2O4. The van der Waals surface area contributed by atoms with Crippen molar-refractivity contribution in [3.8, 4) is 0 Å². The van der Waals surface area contributed by atoms with Crippen LogP contribution in [0, 0.1) is 18.8 Å². The van der Waals surface area contributed by atoms with Gasteiger partial charge >= 0.3 is 5.97 Å². The van der Waals surface area contributed by atoms with Gasteiger partial charge in [-0.3, -0.25) is 9.59 Å². The summed E-state index contributed by atoms with van der Waals surface area (Å²) in [6.45, 7) is 6.36. The van der Waals surface area contributed by atoms with Gasteiger partial charge in [0.05, 0.1) is 0 Å². The Bertz CT molecular complexity index is 454. The second-order valence-corrected chi connectivity index (χ2v) is 5.30. The van der Waals surface area contributed by atoms with Crippen LogP contribution in [0.5, 0.6) is 0 Å². The normalized spacial score (nSPS) is 12.4. The SMILES string of the molecule is Cc1cc(C(=O)NCCC(CCC(=O)O)C(C)C)no1. The first-order valence-corrected chi connectivity index (χ1v) is 6.83. The molecule has 0 aliphatic heterocycles. The number of aromatic nitrogens is 1. The zero-order chi connectivity index (χ0) is 15.1. The Morgan fingerprint density at radius 3 is 2.60 bits per heavy atom. The molecule has 0 spiro atoms. The molecule has 0 saturated carbocycles. The van der Waals surface area contributed by atoms with Gasteiger partial charge in [-0.25, -0.2) is 0 Å². The predicted molar refractivity (Wildman–Crippen MR) is 73.4 cm³/mol. The van der Waals surface area contributed by atoms with Gasteiger partial charge in [-0.2, -0.15) is 0 Å². The molecule has 1 rings (SSSR count). The number of carbonyl (C=O) groups excluding carboxylic acids is 1. The molecule has 0 aliphatic carbocycles. The summed E-state index contributed by atoms with van der Waals surface area (Å²) >= 11 is 0. The minimum Gasteiger partial charge on any atom is -0.481 e. The molecule has 1 atom stereocenters. The van der Waals surface area contributed by atoms with E-state index in [0.717, 1.165) is 6.42 Å². The maximum atomic E-state index is 11.7. The van der Waals surface area contributed by atoms with Crippen LogP contribution in [0.2, 0.25) is 0 Å². The molecule has 0 fully saturated rings. The lowest BCUT2D eigenvalue weighted by atomic mass is 9.88. The summed E-state index contributed by atoms with van der Waals surface area (Å²) in [5, 5.41) is 15.1. The molecule has 0 saturated heterocycles. The quantitative estimate of drug-likeness (QED) is 0.762. The minimum atomic E-state index is -0.780. The van der Waals surface area contributed by atoms with Gasteiger partial charge in [0.15, 0.2) is 5.69 Å². The molecule has 1 amide bonds. The Hall–Kier alpha value is -1.85. The van der Waals surface area contributed by atoms with E-state index in [-0.39, 0.29) is 23.9 Å². The molecule has 2 N–H and O–H groups in total. The van der Waals surface area contributed by atoms with Crippen LogP contribution in [0.4, 0.5) is 0 Å². The van der Waals surface area contributed by atoms with E-state index < -0.39 is 5.97 Å². The highest BCUT2D eigenvalue weighted by molar-refractivity contribution is 5.92. The van der Waals surface area contributed by atoms with Crippen LogP contribution in [-0.4, -0.2) is 28.7 Å². The lowest BCUT2D eigenvalue weighted by Gasteiger charge is -2.20. The Morgan fingerprint density at radius 2 is 2.10 bits per heavy atom. The fourth-order valence-corrected chi connectivity index (χ4v) is 2.05. The number of rotatable bonds is 8. The number of carbonyl (C=O) groups is 2. The highest BCUT2D eigenvalue weighted by Gasteiger charge is 2.16. The van der Waals surface area contributed by atoms with Crippen molar-refractivity contribution >= 4 is 11.9 Å². The molecule has 112 valence electrons. The number of nitrogens with one attached hydrogen (secondary N) is 1. The molecule has 6 heteroatoms. The molecule has 0 aromatic carbocycles. The van der Waals surface area contributed by atoms with E-state index in [0.29, 0.717) is 24.6 Å². The van der Waals surface area contributed by atoms with Crippen molar-refractivity contribution in [1.82, 2.24) is 10.5 Å². The maximum absolute atomic E-state index is 11.7. The van der Waals surface area contributed by atoms with E-state index in [2.05, 4.69) is 24.3 Å². The summed E-state index contributed by atoms with van der Waals surface area (Å²) in [4.78, 5) is 22.4. The van der Waals surface area contributed by atoms with Crippen LogP contribution in [-0.2, 0) is 4.79 Å². The fourth-order valence-electron chi connectivity index (χ4n) is 2.05. The summed E-state index contributed by atoms with van der Waals surface area (Å²) in [6.07, 6.45) is 1.55. The lowest BCUT2D eigenvalue weighted by molar-refractivity contribution is -0.137. The Kier molecular flexibility index (Phi) is 6.21. The highest BCUT2D eigenvalue weighted by atomic mass is 16.5. The van der Waals surface area contributed by atoms with Crippen molar-refractivity contribution in [3.63, 3.8) is 0 Å². The topological polar surface area (TPSA) is 92.4 Å². The van der Waals surface area contributed by atoms with Crippen LogP contribution in [0.1, 0.15) is 49.4 Å². The van der Waals surface area contributed by atoms with Crippen LogP contribution in [0.25, 0.3) is 0 Å². The third-order valence-corrected chi connectivity index (χ3v) is 3.33.